The van der Waals surface area contributed by atoms with Gasteiger partial charge in [0.15, 0.2) is 11.4 Å². The molecule has 3 heterocycles. The van der Waals surface area contributed by atoms with Gasteiger partial charge in [-0.3, -0.25) is 4.40 Å². The van der Waals surface area contributed by atoms with Crippen LogP contribution in [0.25, 0.3) is 16.9 Å². The maximum absolute atomic E-state index is 14.0. The summed E-state index contributed by atoms with van der Waals surface area (Å²) in [5, 5.41) is 0. The molecule has 1 fully saturated rings. The van der Waals surface area contributed by atoms with Crippen LogP contribution in [0.5, 0.6) is 5.75 Å². The van der Waals surface area contributed by atoms with Crippen LogP contribution < -0.4 is 9.64 Å². The van der Waals surface area contributed by atoms with Crippen molar-refractivity contribution in [2.24, 2.45) is 0 Å². The van der Waals surface area contributed by atoms with E-state index in [0.29, 0.717) is 11.4 Å². The number of aromatic nitrogens is 2. The lowest BCUT2D eigenvalue weighted by Crippen LogP contribution is -2.29. The van der Waals surface area contributed by atoms with Gasteiger partial charge >= 0.3 is 0 Å². The van der Waals surface area contributed by atoms with Crippen LogP contribution >= 0.6 is 0 Å². The molecule has 2 aromatic carbocycles. The van der Waals surface area contributed by atoms with Crippen molar-refractivity contribution < 1.29 is 13.5 Å². The first-order valence-corrected chi connectivity index (χ1v) is 11.0. The molecular formula is C26H25F2N3O. The van der Waals surface area contributed by atoms with Gasteiger partial charge in [0.1, 0.15) is 18.2 Å². The van der Waals surface area contributed by atoms with Gasteiger partial charge in [-0.05, 0) is 62.6 Å². The number of halogens is 2. The molecule has 0 N–H and O–H groups in total. The van der Waals surface area contributed by atoms with Gasteiger partial charge in [-0.2, -0.15) is 0 Å². The van der Waals surface area contributed by atoms with Gasteiger partial charge in [-0.15, -0.1) is 0 Å². The summed E-state index contributed by atoms with van der Waals surface area (Å²) in [5.41, 5.74) is 4.69. The van der Waals surface area contributed by atoms with Crippen molar-refractivity contribution in [3.63, 3.8) is 0 Å². The highest BCUT2D eigenvalue weighted by Crippen LogP contribution is 2.32. The number of nitrogens with zero attached hydrogens (tertiary/aromatic N) is 3. The summed E-state index contributed by atoms with van der Waals surface area (Å²) in [5.74, 6) is -0.755. The molecule has 0 atom stereocenters. The molecule has 5 rings (SSSR count). The molecule has 4 nitrogen and oxygen atoms in total. The van der Waals surface area contributed by atoms with Crippen molar-refractivity contribution >= 4 is 11.3 Å². The molecule has 0 spiro atoms. The number of ether oxygens (including phenoxy) is 1. The van der Waals surface area contributed by atoms with Crippen LogP contribution in [0, 0.1) is 18.6 Å². The van der Waals surface area contributed by atoms with E-state index in [2.05, 4.69) is 29.2 Å². The van der Waals surface area contributed by atoms with Crippen LogP contribution in [0.2, 0.25) is 0 Å². The van der Waals surface area contributed by atoms with Crippen molar-refractivity contribution in [3.05, 3.63) is 83.7 Å². The minimum atomic E-state index is -0.619. The van der Waals surface area contributed by atoms with Crippen LogP contribution in [-0.2, 0) is 6.61 Å². The van der Waals surface area contributed by atoms with Crippen LogP contribution in [0.4, 0.5) is 14.5 Å². The summed E-state index contributed by atoms with van der Waals surface area (Å²) in [6, 6.07) is 16.0. The molecule has 0 aliphatic carbocycles. The molecule has 1 aliphatic rings. The Morgan fingerprint density at radius 2 is 1.69 bits per heavy atom. The lowest BCUT2D eigenvalue weighted by molar-refractivity contribution is 0.294. The summed E-state index contributed by atoms with van der Waals surface area (Å²) in [4.78, 5) is 7.16. The smallest absolute Gasteiger partial charge is 0.180 e. The summed E-state index contributed by atoms with van der Waals surface area (Å²) >= 11 is 0. The minimum absolute atomic E-state index is 0.0905. The van der Waals surface area contributed by atoms with Gasteiger partial charge in [-0.25, -0.2) is 13.8 Å². The van der Waals surface area contributed by atoms with Crippen molar-refractivity contribution in [1.29, 1.82) is 0 Å². The van der Waals surface area contributed by atoms with E-state index >= 15 is 0 Å². The number of aryl methyl sites for hydroxylation is 1. The average Bonchev–Trinajstić information content (AvgIpc) is 3.16. The van der Waals surface area contributed by atoms with Crippen LogP contribution in [0.3, 0.4) is 0 Å². The normalized spacial score (nSPS) is 14.2. The third-order valence-electron chi connectivity index (χ3n) is 6.06. The number of piperidine rings is 1. The van der Waals surface area contributed by atoms with Crippen molar-refractivity contribution in [2.45, 2.75) is 32.8 Å². The monoisotopic (exact) mass is 433 g/mol. The number of fused-ring (bicyclic) bond motifs is 1. The first-order valence-electron chi connectivity index (χ1n) is 11.0. The predicted octanol–water partition coefficient (Wildman–Crippen LogP) is 6.16. The number of pyridine rings is 1. The zero-order chi connectivity index (χ0) is 22.1. The fraction of sp³-hybridized carbons (Fsp3) is 0.269. The molecule has 32 heavy (non-hydrogen) atoms. The summed E-state index contributed by atoms with van der Waals surface area (Å²) in [6.07, 6.45) is 5.68. The molecule has 0 radical (unpaired) electrons. The standard InChI is InChI=1S/C26H25F2N3O/c1-18-25(19-8-5-9-20(16-19)30-13-3-2-4-14-30)31-15-7-12-24(26(31)29-18)32-17-21-22(27)10-6-11-23(21)28/h5-12,15-16H,2-4,13-14,17H2,1H3. The number of hydrogen-bond donors (Lipinski definition) is 0. The van der Waals surface area contributed by atoms with E-state index in [1.807, 2.05) is 23.6 Å². The maximum atomic E-state index is 14.0. The average molecular weight is 434 g/mol. The Hall–Kier alpha value is -3.41. The van der Waals surface area contributed by atoms with E-state index in [-0.39, 0.29) is 12.2 Å². The number of imidazole rings is 1. The van der Waals surface area contributed by atoms with Gasteiger partial charge in [0, 0.05) is 30.5 Å². The molecule has 1 aliphatic heterocycles. The third kappa shape index (κ3) is 3.81. The van der Waals surface area contributed by atoms with Gasteiger partial charge in [0.2, 0.25) is 0 Å². The zero-order valence-electron chi connectivity index (χ0n) is 18.0. The fourth-order valence-electron chi connectivity index (χ4n) is 4.44. The lowest BCUT2D eigenvalue weighted by atomic mass is 10.1. The highest BCUT2D eigenvalue weighted by Gasteiger charge is 2.17. The number of anilines is 1. The second kappa shape index (κ2) is 8.61. The van der Waals surface area contributed by atoms with Gasteiger partial charge in [-0.1, -0.05) is 18.2 Å². The molecule has 6 heteroatoms. The second-order valence-corrected chi connectivity index (χ2v) is 8.20. The Morgan fingerprint density at radius 3 is 2.47 bits per heavy atom. The highest BCUT2D eigenvalue weighted by molar-refractivity contribution is 5.73. The van der Waals surface area contributed by atoms with Crippen LogP contribution in [0.15, 0.2) is 60.8 Å². The summed E-state index contributed by atoms with van der Waals surface area (Å²) < 4.78 is 35.8. The lowest BCUT2D eigenvalue weighted by Gasteiger charge is -2.29. The Kier molecular flexibility index (Phi) is 5.52. The van der Waals surface area contributed by atoms with Crippen LogP contribution in [-0.4, -0.2) is 22.5 Å². The molecule has 1 saturated heterocycles. The van der Waals surface area contributed by atoms with E-state index < -0.39 is 11.6 Å². The molecule has 164 valence electrons. The molecule has 0 amide bonds. The molecule has 0 bridgehead atoms. The highest BCUT2D eigenvalue weighted by atomic mass is 19.1. The zero-order valence-corrected chi connectivity index (χ0v) is 18.0. The van der Waals surface area contributed by atoms with Crippen molar-refractivity contribution in [1.82, 2.24) is 9.38 Å². The number of rotatable bonds is 5. The third-order valence-corrected chi connectivity index (χ3v) is 6.06. The fourth-order valence-corrected chi connectivity index (χ4v) is 4.44. The SMILES string of the molecule is Cc1nc2c(OCc3c(F)cccc3F)cccn2c1-c1cccc(N2CCCCC2)c1. The first-order chi connectivity index (χ1) is 15.6. The second-order valence-electron chi connectivity index (χ2n) is 8.20. The number of benzene rings is 2. The quantitative estimate of drug-likeness (QED) is 0.378. The topological polar surface area (TPSA) is 29.8 Å². The summed E-state index contributed by atoms with van der Waals surface area (Å²) in [6.45, 7) is 3.93. The predicted molar refractivity (Wildman–Crippen MR) is 122 cm³/mol. The number of hydrogen-bond acceptors (Lipinski definition) is 3. The first kappa shape index (κ1) is 20.5. The van der Waals surface area contributed by atoms with Gasteiger partial charge < -0.3 is 9.64 Å². The van der Waals surface area contributed by atoms with E-state index in [9.17, 15) is 8.78 Å². The van der Waals surface area contributed by atoms with E-state index in [0.717, 1.165) is 30.0 Å². The van der Waals surface area contributed by atoms with Gasteiger partial charge in [0.25, 0.3) is 0 Å². The molecular weight excluding hydrogens is 408 g/mol. The maximum Gasteiger partial charge on any atom is 0.180 e. The van der Waals surface area contributed by atoms with Crippen molar-refractivity contribution in [3.8, 4) is 17.0 Å². The Bertz CT molecular complexity index is 1240. The van der Waals surface area contributed by atoms with E-state index in [4.69, 9.17) is 9.72 Å². The van der Waals surface area contributed by atoms with E-state index in [1.165, 1.54) is 43.1 Å². The molecule has 4 aromatic rings. The summed E-state index contributed by atoms with van der Waals surface area (Å²) in [7, 11) is 0. The van der Waals surface area contributed by atoms with Crippen molar-refractivity contribution in [2.75, 3.05) is 18.0 Å². The van der Waals surface area contributed by atoms with E-state index in [1.54, 1.807) is 6.07 Å². The largest absolute Gasteiger partial charge is 0.485 e. The Morgan fingerprint density at radius 1 is 0.938 bits per heavy atom. The molecule has 0 unspecified atom stereocenters. The molecule has 0 saturated carbocycles. The van der Waals surface area contributed by atoms with Crippen LogP contribution in [0.1, 0.15) is 30.5 Å². The Labute approximate surface area is 186 Å². The Balaban J connectivity index is 1.49. The molecule has 2 aromatic heterocycles. The van der Waals surface area contributed by atoms with Gasteiger partial charge in [0.05, 0.1) is 17.0 Å². The minimum Gasteiger partial charge on any atom is -0.485 e.